The maximum Gasteiger partial charge on any atom is 0.163 e. The first-order valence-electron chi connectivity index (χ1n) is 5.35. The highest BCUT2D eigenvalue weighted by molar-refractivity contribution is 5.39. The van der Waals surface area contributed by atoms with Crippen LogP contribution < -0.4 is 5.73 Å². The van der Waals surface area contributed by atoms with E-state index < -0.39 is 0 Å². The molecular weight excluding hydrogens is 204 g/mol. The molecule has 0 amide bonds. The van der Waals surface area contributed by atoms with Gasteiger partial charge in [-0.1, -0.05) is 6.07 Å². The summed E-state index contributed by atoms with van der Waals surface area (Å²) in [5, 5.41) is 4.48. The number of ether oxygens (including phenoxy) is 1. The van der Waals surface area contributed by atoms with Gasteiger partial charge < -0.3 is 10.5 Å². The maximum absolute atomic E-state index is 5.78. The van der Waals surface area contributed by atoms with Gasteiger partial charge in [0.05, 0.1) is 18.6 Å². The molecule has 16 heavy (non-hydrogen) atoms. The van der Waals surface area contributed by atoms with Crippen molar-refractivity contribution in [2.24, 2.45) is 5.73 Å². The van der Waals surface area contributed by atoms with Crippen LogP contribution in [-0.4, -0.2) is 34.4 Å². The van der Waals surface area contributed by atoms with Crippen LogP contribution in [0.4, 0.5) is 0 Å². The number of hydrogen-bond acceptors (Lipinski definition) is 4. The maximum atomic E-state index is 5.78. The summed E-state index contributed by atoms with van der Waals surface area (Å²) in [6, 6.07) is 4.00. The van der Waals surface area contributed by atoms with Gasteiger partial charge in [-0.2, -0.15) is 5.10 Å². The second kappa shape index (κ2) is 3.26. The molecule has 84 valence electrons. The van der Waals surface area contributed by atoms with Crippen LogP contribution >= 0.6 is 0 Å². The van der Waals surface area contributed by atoms with Crippen LogP contribution in [0.25, 0.3) is 5.65 Å². The Labute approximate surface area is 93.2 Å². The highest BCUT2D eigenvalue weighted by Crippen LogP contribution is 2.29. The van der Waals surface area contributed by atoms with Gasteiger partial charge >= 0.3 is 0 Å². The van der Waals surface area contributed by atoms with E-state index in [-0.39, 0.29) is 5.41 Å². The molecule has 1 saturated heterocycles. The first-order chi connectivity index (χ1) is 7.73. The summed E-state index contributed by atoms with van der Waals surface area (Å²) in [5.74, 6) is 0.798. The first-order valence-corrected chi connectivity index (χ1v) is 5.35. The summed E-state index contributed by atoms with van der Waals surface area (Å²) < 4.78 is 7.04. The van der Waals surface area contributed by atoms with Crippen molar-refractivity contribution in [2.75, 3.05) is 19.8 Å². The molecule has 0 aliphatic carbocycles. The second-order valence-electron chi connectivity index (χ2n) is 4.42. The Hall–Kier alpha value is -1.46. The lowest BCUT2D eigenvalue weighted by Gasteiger charge is -2.37. The number of pyridine rings is 1. The van der Waals surface area contributed by atoms with E-state index >= 15 is 0 Å². The van der Waals surface area contributed by atoms with Crippen LogP contribution in [0.2, 0.25) is 0 Å². The lowest BCUT2D eigenvalue weighted by Crippen LogP contribution is -2.53. The van der Waals surface area contributed by atoms with Crippen LogP contribution in [0.1, 0.15) is 11.4 Å². The zero-order valence-electron chi connectivity index (χ0n) is 9.18. The summed E-state index contributed by atoms with van der Waals surface area (Å²) in [7, 11) is 0. The average molecular weight is 218 g/mol. The minimum atomic E-state index is -0.167. The molecule has 1 fully saturated rings. The summed E-state index contributed by atoms with van der Waals surface area (Å²) in [6.45, 7) is 3.81. The third-order valence-corrected chi connectivity index (χ3v) is 3.10. The van der Waals surface area contributed by atoms with Crippen LogP contribution in [-0.2, 0) is 10.2 Å². The molecule has 3 rings (SSSR count). The molecule has 0 aromatic carbocycles. The average Bonchev–Trinajstić information content (AvgIpc) is 2.60. The van der Waals surface area contributed by atoms with Gasteiger partial charge in [0, 0.05) is 12.7 Å². The van der Waals surface area contributed by atoms with Gasteiger partial charge in [-0.05, 0) is 18.6 Å². The van der Waals surface area contributed by atoms with Crippen molar-refractivity contribution in [2.45, 2.75) is 12.3 Å². The predicted molar refractivity (Wildman–Crippen MR) is 59.3 cm³/mol. The molecule has 1 aliphatic heterocycles. The molecule has 5 heteroatoms. The van der Waals surface area contributed by atoms with Gasteiger partial charge in [0.15, 0.2) is 11.5 Å². The van der Waals surface area contributed by atoms with E-state index in [1.165, 1.54) is 0 Å². The van der Waals surface area contributed by atoms with Crippen LogP contribution in [0.15, 0.2) is 18.3 Å². The van der Waals surface area contributed by atoms with Crippen LogP contribution in [0, 0.1) is 6.92 Å². The van der Waals surface area contributed by atoms with Crippen molar-refractivity contribution in [1.29, 1.82) is 0 Å². The van der Waals surface area contributed by atoms with Crippen molar-refractivity contribution in [3.63, 3.8) is 0 Å². The van der Waals surface area contributed by atoms with Crippen molar-refractivity contribution in [3.8, 4) is 0 Å². The highest BCUT2D eigenvalue weighted by Gasteiger charge is 2.42. The number of nitrogens with two attached hydrogens (primary N) is 1. The SMILES string of the molecule is Cc1ccc2nc(C3(CN)COC3)nn2c1. The fourth-order valence-electron chi connectivity index (χ4n) is 1.90. The molecule has 2 N–H and O–H groups in total. The number of hydrogen-bond donors (Lipinski definition) is 1. The number of rotatable bonds is 2. The molecule has 3 heterocycles. The molecular formula is C11H14N4O. The molecule has 0 atom stereocenters. The number of aromatic nitrogens is 3. The Morgan fingerprint density at radius 3 is 2.94 bits per heavy atom. The summed E-state index contributed by atoms with van der Waals surface area (Å²) in [6.07, 6.45) is 1.97. The number of aryl methyl sites for hydroxylation is 1. The summed E-state index contributed by atoms with van der Waals surface area (Å²) in [5.41, 5.74) is 7.64. The minimum absolute atomic E-state index is 0.167. The largest absolute Gasteiger partial charge is 0.379 e. The number of nitrogens with zero attached hydrogens (tertiary/aromatic N) is 3. The highest BCUT2D eigenvalue weighted by atomic mass is 16.5. The Bertz CT molecular complexity index is 524. The second-order valence-corrected chi connectivity index (χ2v) is 4.42. The fraction of sp³-hybridized carbons (Fsp3) is 0.455. The summed E-state index contributed by atoms with van der Waals surface area (Å²) in [4.78, 5) is 4.51. The zero-order chi connectivity index (χ0) is 11.2. The Balaban J connectivity index is 2.11. The topological polar surface area (TPSA) is 65.4 Å². The third kappa shape index (κ3) is 1.25. The first kappa shape index (κ1) is 9.74. The number of fused-ring (bicyclic) bond motifs is 1. The molecule has 2 aromatic heterocycles. The van der Waals surface area contributed by atoms with Gasteiger partial charge in [0.2, 0.25) is 0 Å². The minimum Gasteiger partial charge on any atom is -0.379 e. The molecule has 1 aliphatic rings. The molecule has 2 aromatic rings. The predicted octanol–water partition coefficient (Wildman–Crippen LogP) is 0.264. The quantitative estimate of drug-likeness (QED) is 0.785. The smallest absolute Gasteiger partial charge is 0.163 e. The Morgan fingerprint density at radius 2 is 2.31 bits per heavy atom. The monoisotopic (exact) mass is 218 g/mol. The molecule has 5 nitrogen and oxygen atoms in total. The van der Waals surface area contributed by atoms with Gasteiger partial charge in [-0.15, -0.1) is 0 Å². The lowest BCUT2D eigenvalue weighted by molar-refractivity contribution is -0.0592. The van der Waals surface area contributed by atoms with E-state index in [2.05, 4.69) is 10.1 Å². The molecule has 0 bridgehead atoms. The summed E-state index contributed by atoms with van der Waals surface area (Å²) >= 11 is 0. The van der Waals surface area contributed by atoms with Crippen molar-refractivity contribution in [1.82, 2.24) is 14.6 Å². The van der Waals surface area contributed by atoms with E-state index in [0.717, 1.165) is 17.0 Å². The molecule has 0 saturated carbocycles. The standard InChI is InChI=1S/C11H14N4O/c1-8-2-3-9-13-10(14-15(9)4-8)11(5-12)6-16-7-11/h2-4H,5-7,12H2,1H3. The van der Waals surface area contributed by atoms with E-state index in [4.69, 9.17) is 10.5 Å². The van der Waals surface area contributed by atoms with Crippen LogP contribution in [0.5, 0.6) is 0 Å². The fourth-order valence-corrected chi connectivity index (χ4v) is 1.90. The van der Waals surface area contributed by atoms with E-state index in [0.29, 0.717) is 19.8 Å². The van der Waals surface area contributed by atoms with Gasteiger partial charge in [0.25, 0.3) is 0 Å². The molecule has 0 unspecified atom stereocenters. The van der Waals surface area contributed by atoms with E-state index in [9.17, 15) is 0 Å². The zero-order valence-corrected chi connectivity index (χ0v) is 9.18. The lowest BCUT2D eigenvalue weighted by atomic mass is 9.85. The van der Waals surface area contributed by atoms with E-state index in [1.54, 1.807) is 4.52 Å². The van der Waals surface area contributed by atoms with Gasteiger partial charge in [-0.3, -0.25) is 0 Å². The van der Waals surface area contributed by atoms with Crippen molar-refractivity contribution >= 4 is 5.65 Å². The van der Waals surface area contributed by atoms with Gasteiger partial charge in [0.1, 0.15) is 0 Å². The van der Waals surface area contributed by atoms with Crippen LogP contribution in [0.3, 0.4) is 0 Å². The normalized spacial score (nSPS) is 18.6. The van der Waals surface area contributed by atoms with Gasteiger partial charge in [-0.25, -0.2) is 9.50 Å². The Kier molecular flexibility index (Phi) is 1.99. The molecule has 0 radical (unpaired) electrons. The van der Waals surface area contributed by atoms with E-state index in [1.807, 2.05) is 25.3 Å². The third-order valence-electron chi connectivity index (χ3n) is 3.10. The van der Waals surface area contributed by atoms with Crippen molar-refractivity contribution < 1.29 is 4.74 Å². The van der Waals surface area contributed by atoms with Crippen molar-refractivity contribution in [3.05, 3.63) is 29.7 Å². The molecule has 0 spiro atoms. The Morgan fingerprint density at radius 1 is 1.50 bits per heavy atom.